The summed E-state index contributed by atoms with van der Waals surface area (Å²) in [6.45, 7) is 1.54. The lowest BCUT2D eigenvalue weighted by Gasteiger charge is -2.06. The summed E-state index contributed by atoms with van der Waals surface area (Å²) in [5.41, 5.74) is 0.838. The monoisotopic (exact) mass is 273 g/mol. The summed E-state index contributed by atoms with van der Waals surface area (Å²) in [7, 11) is 0. The molecule has 0 aliphatic carbocycles. The number of non-ortho nitro benzene ring substituents is 1. The van der Waals surface area contributed by atoms with Gasteiger partial charge in [0, 0.05) is 17.5 Å². The number of carbonyl (C=O) groups is 1. The van der Waals surface area contributed by atoms with Gasteiger partial charge in [-0.3, -0.25) is 10.1 Å². The van der Waals surface area contributed by atoms with Gasteiger partial charge in [0.15, 0.2) is 0 Å². The van der Waals surface area contributed by atoms with Crippen LogP contribution in [0.5, 0.6) is 0 Å². The van der Waals surface area contributed by atoms with Gasteiger partial charge in [0.1, 0.15) is 0 Å². The van der Waals surface area contributed by atoms with Gasteiger partial charge in [0.25, 0.3) is 5.69 Å². The molecule has 0 saturated carbocycles. The van der Waals surface area contributed by atoms with E-state index >= 15 is 0 Å². The van der Waals surface area contributed by atoms with Crippen LogP contribution in [0.2, 0.25) is 0 Å². The first kappa shape index (κ1) is 11.6. The van der Waals surface area contributed by atoms with Crippen molar-refractivity contribution in [3.63, 3.8) is 0 Å². The lowest BCUT2D eigenvalue weighted by atomic mass is 10.0. The first-order valence-corrected chi connectivity index (χ1v) is 5.16. The zero-order valence-electron chi connectivity index (χ0n) is 7.86. The van der Waals surface area contributed by atoms with Crippen LogP contribution in [0.3, 0.4) is 0 Å². The summed E-state index contributed by atoms with van der Waals surface area (Å²) in [6, 6.07) is 2.53. The minimum atomic E-state index is -1.07. The van der Waals surface area contributed by atoms with Crippen LogP contribution in [0.1, 0.15) is 21.5 Å². The average Bonchev–Trinajstić information content (AvgIpc) is 2.15. The maximum atomic E-state index is 10.9. The molecule has 0 spiro atoms. The zero-order valence-corrected chi connectivity index (χ0v) is 9.44. The molecule has 1 aromatic carbocycles. The Kier molecular flexibility index (Phi) is 3.41. The molecular formula is C9H8BrNO4. The second-order valence-corrected chi connectivity index (χ2v) is 3.55. The van der Waals surface area contributed by atoms with E-state index in [0.29, 0.717) is 11.1 Å². The van der Waals surface area contributed by atoms with Crippen molar-refractivity contribution in [3.8, 4) is 0 Å². The van der Waals surface area contributed by atoms with Crippen LogP contribution in [0.15, 0.2) is 12.1 Å². The Morgan fingerprint density at radius 1 is 1.60 bits per heavy atom. The maximum absolute atomic E-state index is 10.9. The molecule has 0 heterocycles. The molecule has 1 rings (SSSR count). The van der Waals surface area contributed by atoms with Gasteiger partial charge in [-0.25, -0.2) is 4.79 Å². The standard InChI is InChI=1S/C9H8BrNO4/c1-5-2-7(11(14)15)3-6(4-10)8(5)9(12)13/h2-3H,4H2,1H3,(H,12,13). The fourth-order valence-corrected chi connectivity index (χ4v) is 1.80. The molecule has 0 radical (unpaired) electrons. The molecule has 0 bridgehead atoms. The Morgan fingerprint density at radius 3 is 2.60 bits per heavy atom. The minimum absolute atomic E-state index is 0.0908. The number of carboxylic acid groups (broad SMARTS) is 1. The van der Waals surface area contributed by atoms with Crippen molar-refractivity contribution in [2.45, 2.75) is 12.3 Å². The summed E-state index contributed by atoms with van der Waals surface area (Å²) < 4.78 is 0. The molecule has 6 heteroatoms. The van der Waals surface area contributed by atoms with Crippen LogP contribution < -0.4 is 0 Å². The van der Waals surface area contributed by atoms with E-state index in [1.807, 2.05) is 0 Å². The van der Waals surface area contributed by atoms with Crippen molar-refractivity contribution in [2.24, 2.45) is 0 Å². The molecule has 0 amide bonds. The average molecular weight is 274 g/mol. The zero-order chi connectivity index (χ0) is 11.6. The number of rotatable bonds is 3. The van der Waals surface area contributed by atoms with Gasteiger partial charge in [0.05, 0.1) is 10.5 Å². The molecule has 0 saturated heterocycles. The SMILES string of the molecule is Cc1cc([N+](=O)[O-])cc(CBr)c1C(=O)O. The summed E-state index contributed by atoms with van der Waals surface area (Å²) in [5.74, 6) is -1.07. The number of alkyl halides is 1. The van der Waals surface area contributed by atoms with E-state index in [2.05, 4.69) is 15.9 Å². The highest BCUT2D eigenvalue weighted by Gasteiger charge is 2.17. The van der Waals surface area contributed by atoms with Gasteiger partial charge in [-0.2, -0.15) is 0 Å². The third-order valence-electron chi connectivity index (χ3n) is 1.97. The largest absolute Gasteiger partial charge is 0.478 e. The number of aromatic carboxylic acids is 1. The molecule has 0 fully saturated rings. The van der Waals surface area contributed by atoms with Crippen LogP contribution in [0.4, 0.5) is 5.69 Å². The lowest BCUT2D eigenvalue weighted by Crippen LogP contribution is -2.05. The summed E-state index contributed by atoms with van der Waals surface area (Å²) in [6.07, 6.45) is 0. The van der Waals surface area contributed by atoms with Crippen LogP contribution in [0, 0.1) is 17.0 Å². The maximum Gasteiger partial charge on any atom is 0.336 e. The van der Waals surface area contributed by atoms with E-state index in [-0.39, 0.29) is 16.6 Å². The molecule has 1 aromatic rings. The van der Waals surface area contributed by atoms with Crippen molar-refractivity contribution in [1.82, 2.24) is 0 Å². The van der Waals surface area contributed by atoms with Crippen molar-refractivity contribution in [3.05, 3.63) is 38.9 Å². The van der Waals surface area contributed by atoms with Crippen LogP contribution in [0.25, 0.3) is 0 Å². The van der Waals surface area contributed by atoms with Gasteiger partial charge < -0.3 is 5.11 Å². The first-order chi connectivity index (χ1) is 6.97. The molecular weight excluding hydrogens is 266 g/mol. The Bertz CT molecular complexity index is 430. The second kappa shape index (κ2) is 4.39. The van der Waals surface area contributed by atoms with Gasteiger partial charge in [-0.1, -0.05) is 15.9 Å². The third kappa shape index (κ3) is 2.33. The van der Waals surface area contributed by atoms with Gasteiger partial charge >= 0.3 is 5.97 Å². The predicted octanol–water partition coefficient (Wildman–Crippen LogP) is 2.50. The molecule has 0 aliphatic heterocycles. The normalized spacial score (nSPS) is 10.0. The molecule has 0 atom stereocenters. The number of halogens is 1. The van der Waals surface area contributed by atoms with Crippen LogP contribution in [-0.4, -0.2) is 16.0 Å². The third-order valence-corrected chi connectivity index (χ3v) is 2.57. The van der Waals surface area contributed by atoms with E-state index in [1.54, 1.807) is 6.92 Å². The minimum Gasteiger partial charge on any atom is -0.478 e. The molecule has 0 aliphatic rings. The van der Waals surface area contributed by atoms with Gasteiger partial charge in [0.2, 0.25) is 0 Å². The number of nitrogens with zero attached hydrogens (tertiary/aromatic N) is 1. The number of benzene rings is 1. The fraction of sp³-hybridized carbons (Fsp3) is 0.222. The van der Waals surface area contributed by atoms with E-state index < -0.39 is 10.9 Å². The number of nitro groups is 1. The van der Waals surface area contributed by atoms with E-state index in [4.69, 9.17) is 5.11 Å². The predicted molar refractivity (Wildman–Crippen MR) is 57.4 cm³/mol. The Labute approximate surface area is 94.0 Å². The topological polar surface area (TPSA) is 80.4 Å². The summed E-state index contributed by atoms with van der Waals surface area (Å²) in [5, 5.41) is 19.7. The molecule has 5 nitrogen and oxygen atoms in total. The first-order valence-electron chi connectivity index (χ1n) is 4.04. The number of nitro benzene ring substituents is 1. The highest BCUT2D eigenvalue weighted by atomic mass is 79.9. The molecule has 80 valence electrons. The van der Waals surface area contributed by atoms with Crippen molar-refractivity contribution < 1.29 is 14.8 Å². The van der Waals surface area contributed by atoms with Crippen LogP contribution >= 0.6 is 15.9 Å². The number of aryl methyl sites for hydroxylation is 1. The van der Waals surface area contributed by atoms with E-state index in [0.717, 1.165) is 0 Å². The number of hydrogen-bond acceptors (Lipinski definition) is 3. The van der Waals surface area contributed by atoms with Crippen molar-refractivity contribution in [1.29, 1.82) is 0 Å². The Morgan fingerprint density at radius 2 is 2.20 bits per heavy atom. The van der Waals surface area contributed by atoms with Gasteiger partial charge in [-0.15, -0.1) is 0 Å². The fourth-order valence-electron chi connectivity index (χ4n) is 1.36. The summed E-state index contributed by atoms with van der Waals surface area (Å²) in [4.78, 5) is 20.9. The van der Waals surface area contributed by atoms with Crippen molar-refractivity contribution in [2.75, 3.05) is 0 Å². The smallest absolute Gasteiger partial charge is 0.336 e. The van der Waals surface area contributed by atoms with Crippen LogP contribution in [-0.2, 0) is 5.33 Å². The van der Waals surface area contributed by atoms with E-state index in [1.165, 1.54) is 12.1 Å². The number of hydrogen-bond donors (Lipinski definition) is 1. The Hall–Kier alpha value is -1.43. The summed E-state index contributed by atoms with van der Waals surface area (Å²) >= 11 is 3.11. The Balaban J connectivity index is 3.43. The second-order valence-electron chi connectivity index (χ2n) is 2.99. The highest BCUT2D eigenvalue weighted by Crippen LogP contribution is 2.24. The quantitative estimate of drug-likeness (QED) is 0.521. The van der Waals surface area contributed by atoms with E-state index in [9.17, 15) is 14.9 Å². The molecule has 0 unspecified atom stereocenters. The highest BCUT2D eigenvalue weighted by molar-refractivity contribution is 9.08. The van der Waals surface area contributed by atoms with Crippen molar-refractivity contribution >= 4 is 27.6 Å². The molecule has 0 aromatic heterocycles. The molecule has 1 N–H and O–H groups in total. The molecule has 15 heavy (non-hydrogen) atoms. The number of carboxylic acids is 1. The lowest BCUT2D eigenvalue weighted by molar-refractivity contribution is -0.385. The van der Waals surface area contributed by atoms with Gasteiger partial charge in [-0.05, 0) is 18.1 Å².